The molecule has 0 aliphatic rings. The Labute approximate surface area is 176 Å². The van der Waals surface area contributed by atoms with E-state index in [-0.39, 0.29) is 11.0 Å². The molecule has 0 aliphatic heterocycles. The number of benzene rings is 2. The summed E-state index contributed by atoms with van der Waals surface area (Å²) >= 11 is 6.17. The fourth-order valence-corrected chi connectivity index (χ4v) is 3.47. The number of halogens is 1. The molecule has 1 N–H and O–H groups in total. The predicted molar refractivity (Wildman–Crippen MR) is 116 cm³/mol. The maximum absolute atomic E-state index is 13.2. The number of hydrogen-bond donors (Lipinski definition) is 1. The van der Waals surface area contributed by atoms with Gasteiger partial charge >= 0.3 is 5.69 Å². The lowest BCUT2D eigenvalue weighted by Crippen LogP contribution is -2.42. The van der Waals surface area contributed by atoms with Crippen molar-refractivity contribution in [2.24, 2.45) is 0 Å². The molecular weight excluding hydrogens is 404 g/mol. The molecule has 4 aromatic rings. The van der Waals surface area contributed by atoms with Gasteiger partial charge in [-0.15, -0.1) is 0 Å². The summed E-state index contributed by atoms with van der Waals surface area (Å²) in [7, 11) is 0. The van der Waals surface area contributed by atoms with Crippen LogP contribution in [0.3, 0.4) is 0 Å². The molecule has 0 aliphatic carbocycles. The van der Waals surface area contributed by atoms with Crippen molar-refractivity contribution >= 4 is 34.2 Å². The van der Waals surface area contributed by atoms with E-state index in [0.29, 0.717) is 16.4 Å². The molecular formula is C22H17ClN4O3. The van der Waals surface area contributed by atoms with E-state index in [4.69, 9.17) is 11.6 Å². The number of para-hydroxylation sites is 1. The topological polar surface area (TPSA) is 86.0 Å². The van der Waals surface area contributed by atoms with Crippen LogP contribution >= 0.6 is 11.6 Å². The zero-order chi connectivity index (χ0) is 21.3. The number of aromatic nitrogens is 3. The number of carbonyl (C=O) groups excluding carboxylic acids is 1. The molecule has 0 radical (unpaired) electrons. The lowest BCUT2D eigenvalue weighted by atomic mass is 10.2. The van der Waals surface area contributed by atoms with Crippen LogP contribution in [-0.2, 0) is 11.3 Å². The van der Waals surface area contributed by atoms with E-state index in [1.807, 2.05) is 13.0 Å². The maximum Gasteiger partial charge on any atom is 0.337 e. The van der Waals surface area contributed by atoms with Gasteiger partial charge in [-0.2, -0.15) is 0 Å². The van der Waals surface area contributed by atoms with Gasteiger partial charge in [-0.25, -0.2) is 18.9 Å². The SMILES string of the molecule is Cc1ccc(NC(=O)Cn2c(=O)c3cccnc3n(-c3ccccc3)c2=O)c(Cl)c1. The highest BCUT2D eigenvalue weighted by Crippen LogP contribution is 2.22. The fraction of sp³-hybridized carbons (Fsp3) is 0.0909. The molecule has 0 spiro atoms. The normalized spacial score (nSPS) is 10.9. The second-order valence-electron chi connectivity index (χ2n) is 6.75. The Kier molecular flexibility index (Phi) is 5.20. The number of anilines is 1. The molecule has 2 heterocycles. The van der Waals surface area contributed by atoms with Crippen molar-refractivity contribution in [3.8, 4) is 5.69 Å². The molecule has 0 fully saturated rings. The zero-order valence-corrected chi connectivity index (χ0v) is 16.8. The Balaban J connectivity index is 1.80. The summed E-state index contributed by atoms with van der Waals surface area (Å²) in [5.41, 5.74) is 0.898. The van der Waals surface area contributed by atoms with Crippen LogP contribution in [-0.4, -0.2) is 20.0 Å². The van der Waals surface area contributed by atoms with Gasteiger partial charge in [0.2, 0.25) is 5.91 Å². The van der Waals surface area contributed by atoms with Crippen LogP contribution in [0.4, 0.5) is 5.69 Å². The first-order chi connectivity index (χ1) is 14.5. The number of nitrogens with zero attached hydrogens (tertiary/aromatic N) is 3. The van der Waals surface area contributed by atoms with Crippen molar-refractivity contribution < 1.29 is 4.79 Å². The zero-order valence-electron chi connectivity index (χ0n) is 16.0. The van der Waals surface area contributed by atoms with E-state index in [0.717, 1.165) is 10.1 Å². The first-order valence-corrected chi connectivity index (χ1v) is 9.55. The van der Waals surface area contributed by atoms with Gasteiger partial charge in [0.05, 0.1) is 21.8 Å². The number of hydrogen-bond acceptors (Lipinski definition) is 4. The summed E-state index contributed by atoms with van der Waals surface area (Å²) in [4.78, 5) is 43.0. The van der Waals surface area contributed by atoms with E-state index in [1.165, 1.54) is 10.8 Å². The third kappa shape index (κ3) is 3.62. The molecule has 1 amide bonds. The van der Waals surface area contributed by atoms with Gasteiger partial charge in [0.15, 0.2) is 5.65 Å². The van der Waals surface area contributed by atoms with Gasteiger partial charge in [-0.05, 0) is 48.9 Å². The number of nitrogens with one attached hydrogen (secondary N) is 1. The Bertz CT molecular complexity index is 1380. The summed E-state index contributed by atoms with van der Waals surface area (Å²) in [6, 6.07) is 17.2. The van der Waals surface area contributed by atoms with Crippen molar-refractivity contribution in [3.05, 3.63) is 98.3 Å². The molecule has 0 unspecified atom stereocenters. The van der Waals surface area contributed by atoms with E-state index in [9.17, 15) is 14.4 Å². The van der Waals surface area contributed by atoms with Gasteiger partial charge in [-0.1, -0.05) is 35.9 Å². The first kappa shape index (κ1) is 19.6. The minimum Gasteiger partial charge on any atom is -0.323 e. The molecule has 8 heteroatoms. The standard InChI is InChI=1S/C22H17ClN4O3/c1-14-9-10-18(17(23)12-14)25-19(28)13-26-21(29)16-8-5-11-24-20(16)27(22(26)30)15-6-3-2-4-7-15/h2-12H,13H2,1H3,(H,25,28). The number of aryl methyl sites for hydroxylation is 1. The molecule has 2 aromatic carbocycles. The van der Waals surface area contributed by atoms with Gasteiger partial charge in [0, 0.05) is 6.20 Å². The highest BCUT2D eigenvalue weighted by atomic mass is 35.5. The molecule has 0 atom stereocenters. The number of fused-ring (bicyclic) bond motifs is 1. The molecule has 0 saturated carbocycles. The van der Waals surface area contributed by atoms with Crippen LogP contribution in [0.2, 0.25) is 5.02 Å². The number of carbonyl (C=O) groups is 1. The Hall–Kier alpha value is -3.71. The third-order valence-corrected chi connectivity index (χ3v) is 4.92. The molecule has 150 valence electrons. The Morgan fingerprint density at radius 2 is 1.83 bits per heavy atom. The molecule has 7 nitrogen and oxygen atoms in total. The van der Waals surface area contributed by atoms with Gasteiger partial charge < -0.3 is 5.32 Å². The average Bonchev–Trinajstić information content (AvgIpc) is 2.74. The third-order valence-electron chi connectivity index (χ3n) is 4.61. The van der Waals surface area contributed by atoms with Crippen molar-refractivity contribution in [1.29, 1.82) is 0 Å². The molecule has 30 heavy (non-hydrogen) atoms. The monoisotopic (exact) mass is 420 g/mol. The van der Waals surface area contributed by atoms with Gasteiger partial charge in [0.1, 0.15) is 6.54 Å². The van der Waals surface area contributed by atoms with E-state index >= 15 is 0 Å². The van der Waals surface area contributed by atoms with E-state index in [1.54, 1.807) is 54.6 Å². The summed E-state index contributed by atoms with van der Waals surface area (Å²) in [5, 5.41) is 3.27. The lowest BCUT2D eigenvalue weighted by Gasteiger charge is -2.14. The highest BCUT2D eigenvalue weighted by molar-refractivity contribution is 6.33. The first-order valence-electron chi connectivity index (χ1n) is 9.18. The molecule has 0 bridgehead atoms. The minimum absolute atomic E-state index is 0.233. The summed E-state index contributed by atoms with van der Waals surface area (Å²) in [6.45, 7) is 1.42. The van der Waals surface area contributed by atoms with Crippen LogP contribution in [0.25, 0.3) is 16.7 Å². The smallest absolute Gasteiger partial charge is 0.323 e. The predicted octanol–water partition coefficient (Wildman–Crippen LogP) is 3.15. The van der Waals surface area contributed by atoms with Crippen LogP contribution in [0, 0.1) is 6.92 Å². The second kappa shape index (κ2) is 7.96. The second-order valence-corrected chi connectivity index (χ2v) is 7.16. The van der Waals surface area contributed by atoms with Crippen LogP contribution < -0.4 is 16.6 Å². The highest BCUT2D eigenvalue weighted by Gasteiger charge is 2.17. The number of rotatable bonds is 4. The number of pyridine rings is 1. The van der Waals surface area contributed by atoms with Crippen molar-refractivity contribution in [2.45, 2.75) is 13.5 Å². The summed E-state index contributed by atoms with van der Waals surface area (Å²) < 4.78 is 2.22. The largest absolute Gasteiger partial charge is 0.337 e. The van der Waals surface area contributed by atoms with E-state index in [2.05, 4.69) is 10.3 Å². The fourth-order valence-electron chi connectivity index (χ4n) is 3.19. The van der Waals surface area contributed by atoms with Crippen molar-refractivity contribution in [2.75, 3.05) is 5.32 Å². The molecule has 0 saturated heterocycles. The van der Waals surface area contributed by atoms with Gasteiger partial charge in [-0.3, -0.25) is 9.59 Å². The Morgan fingerprint density at radius 3 is 2.57 bits per heavy atom. The summed E-state index contributed by atoms with van der Waals surface area (Å²) in [5.74, 6) is -0.539. The van der Waals surface area contributed by atoms with Crippen LogP contribution in [0.1, 0.15) is 5.56 Å². The average molecular weight is 421 g/mol. The maximum atomic E-state index is 13.2. The quantitative estimate of drug-likeness (QED) is 0.549. The molecule has 2 aromatic heterocycles. The van der Waals surface area contributed by atoms with Crippen molar-refractivity contribution in [1.82, 2.24) is 14.1 Å². The number of amides is 1. The van der Waals surface area contributed by atoms with Gasteiger partial charge in [0.25, 0.3) is 5.56 Å². The van der Waals surface area contributed by atoms with Crippen LogP contribution in [0.15, 0.2) is 76.4 Å². The minimum atomic E-state index is -0.650. The van der Waals surface area contributed by atoms with E-state index < -0.39 is 23.7 Å². The van der Waals surface area contributed by atoms with Crippen molar-refractivity contribution in [3.63, 3.8) is 0 Å². The molecule has 4 rings (SSSR count). The van der Waals surface area contributed by atoms with Crippen LogP contribution in [0.5, 0.6) is 0 Å². The Morgan fingerprint density at radius 1 is 1.07 bits per heavy atom. The summed E-state index contributed by atoms with van der Waals surface area (Å²) in [6.07, 6.45) is 1.51. The lowest BCUT2D eigenvalue weighted by molar-refractivity contribution is -0.116.